The second-order valence-electron chi connectivity index (χ2n) is 3.27. The molecule has 0 bridgehead atoms. The Kier molecular flexibility index (Phi) is 3.33. The van der Waals surface area contributed by atoms with Gasteiger partial charge in [-0.3, -0.25) is 0 Å². The van der Waals surface area contributed by atoms with Crippen molar-refractivity contribution in [1.29, 1.82) is 0 Å². The molecule has 3 heteroatoms. The molecule has 0 spiro atoms. The summed E-state index contributed by atoms with van der Waals surface area (Å²) in [5.74, 6) is 0. The lowest BCUT2D eigenvalue weighted by atomic mass is 10.1. The predicted octanol–water partition coefficient (Wildman–Crippen LogP) is 2.57. The van der Waals surface area contributed by atoms with E-state index in [9.17, 15) is 5.11 Å². The Morgan fingerprint density at radius 3 is 2.46 bits per heavy atom. The number of hydrogen-bond acceptors (Lipinski definition) is 2. The van der Waals surface area contributed by atoms with E-state index in [-0.39, 0.29) is 0 Å². The zero-order chi connectivity index (χ0) is 10.0. The van der Waals surface area contributed by atoms with E-state index in [1.165, 1.54) is 0 Å². The Hall–Kier alpha value is -0.540. The number of halogens is 1. The summed E-state index contributed by atoms with van der Waals surface area (Å²) in [6, 6.07) is 5.91. The monoisotopic (exact) mass is 243 g/mol. The molecule has 0 aromatic heterocycles. The number of nitrogens with zero attached hydrogens (tertiary/aromatic N) is 1. The van der Waals surface area contributed by atoms with Gasteiger partial charge in [0.15, 0.2) is 0 Å². The van der Waals surface area contributed by atoms with Crippen LogP contribution in [-0.4, -0.2) is 19.2 Å². The standard InChI is InChI=1S/C10H14BrNO/c1-7(13)9-6-8(11)4-5-10(9)12(2)3/h4-7,13H,1-3H3. The van der Waals surface area contributed by atoms with Gasteiger partial charge in [0.25, 0.3) is 0 Å². The second kappa shape index (κ2) is 4.11. The summed E-state index contributed by atoms with van der Waals surface area (Å²) in [6.45, 7) is 1.77. The minimum Gasteiger partial charge on any atom is -0.389 e. The van der Waals surface area contributed by atoms with E-state index in [4.69, 9.17) is 0 Å². The molecule has 72 valence electrons. The highest BCUT2D eigenvalue weighted by Gasteiger charge is 2.09. The lowest BCUT2D eigenvalue weighted by Crippen LogP contribution is -2.12. The molecule has 0 heterocycles. The summed E-state index contributed by atoms with van der Waals surface area (Å²) < 4.78 is 0.994. The van der Waals surface area contributed by atoms with Crippen molar-refractivity contribution in [2.75, 3.05) is 19.0 Å². The van der Waals surface area contributed by atoms with Crippen LogP contribution in [0.2, 0.25) is 0 Å². The highest BCUT2D eigenvalue weighted by molar-refractivity contribution is 9.10. The molecule has 2 nitrogen and oxygen atoms in total. The van der Waals surface area contributed by atoms with Crippen molar-refractivity contribution in [2.24, 2.45) is 0 Å². The third-order valence-corrected chi connectivity index (χ3v) is 2.41. The molecule has 0 radical (unpaired) electrons. The van der Waals surface area contributed by atoms with Gasteiger partial charge < -0.3 is 10.0 Å². The Labute approximate surface area is 87.3 Å². The van der Waals surface area contributed by atoms with Crippen molar-refractivity contribution in [3.63, 3.8) is 0 Å². The van der Waals surface area contributed by atoms with Crippen LogP contribution in [-0.2, 0) is 0 Å². The molecule has 1 atom stereocenters. The molecule has 0 amide bonds. The van der Waals surface area contributed by atoms with Gasteiger partial charge >= 0.3 is 0 Å². The average molecular weight is 244 g/mol. The fourth-order valence-corrected chi connectivity index (χ4v) is 1.65. The third-order valence-electron chi connectivity index (χ3n) is 1.92. The lowest BCUT2D eigenvalue weighted by molar-refractivity contribution is 0.199. The van der Waals surface area contributed by atoms with E-state index in [1.54, 1.807) is 6.92 Å². The maximum atomic E-state index is 9.53. The van der Waals surface area contributed by atoms with Crippen molar-refractivity contribution in [3.05, 3.63) is 28.2 Å². The average Bonchev–Trinajstić information content (AvgIpc) is 2.03. The van der Waals surface area contributed by atoms with Crippen LogP contribution in [0.15, 0.2) is 22.7 Å². The zero-order valence-electron chi connectivity index (χ0n) is 8.08. The molecule has 0 aliphatic carbocycles. The normalized spacial score (nSPS) is 12.7. The van der Waals surface area contributed by atoms with Crippen molar-refractivity contribution >= 4 is 21.6 Å². The molecule has 0 aliphatic heterocycles. The summed E-state index contributed by atoms with van der Waals surface area (Å²) in [4.78, 5) is 1.99. The fourth-order valence-electron chi connectivity index (χ4n) is 1.27. The highest BCUT2D eigenvalue weighted by Crippen LogP contribution is 2.27. The van der Waals surface area contributed by atoms with Gasteiger partial charge in [0.05, 0.1) is 6.10 Å². The van der Waals surface area contributed by atoms with Gasteiger partial charge in [-0.15, -0.1) is 0 Å². The van der Waals surface area contributed by atoms with E-state index < -0.39 is 6.10 Å². The Bertz CT molecular complexity index is 297. The van der Waals surface area contributed by atoms with Crippen LogP contribution in [0.25, 0.3) is 0 Å². The zero-order valence-corrected chi connectivity index (χ0v) is 9.67. The highest BCUT2D eigenvalue weighted by atomic mass is 79.9. The number of anilines is 1. The van der Waals surface area contributed by atoms with Crippen molar-refractivity contribution in [3.8, 4) is 0 Å². The van der Waals surface area contributed by atoms with E-state index in [0.29, 0.717) is 0 Å². The van der Waals surface area contributed by atoms with Crippen LogP contribution < -0.4 is 4.90 Å². The molecule has 1 unspecified atom stereocenters. The largest absolute Gasteiger partial charge is 0.389 e. The van der Waals surface area contributed by atoms with Crippen LogP contribution in [0, 0.1) is 0 Å². The second-order valence-corrected chi connectivity index (χ2v) is 4.19. The first-order valence-corrected chi connectivity index (χ1v) is 4.96. The summed E-state index contributed by atoms with van der Waals surface area (Å²) in [7, 11) is 3.93. The molecule has 0 aliphatic rings. The van der Waals surface area contributed by atoms with Gasteiger partial charge in [-0.05, 0) is 25.1 Å². The molecular weight excluding hydrogens is 230 g/mol. The van der Waals surface area contributed by atoms with Gasteiger partial charge in [-0.1, -0.05) is 15.9 Å². The van der Waals surface area contributed by atoms with Gasteiger partial charge in [-0.2, -0.15) is 0 Å². The topological polar surface area (TPSA) is 23.5 Å². The van der Waals surface area contributed by atoms with E-state index in [0.717, 1.165) is 15.7 Å². The number of benzene rings is 1. The molecule has 1 N–H and O–H groups in total. The van der Waals surface area contributed by atoms with Crippen LogP contribution in [0.4, 0.5) is 5.69 Å². The van der Waals surface area contributed by atoms with Crippen LogP contribution in [0.3, 0.4) is 0 Å². The molecule has 1 rings (SSSR count). The number of aliphatic hydroxyl groups excluding tert-OH is 1. The van der Waals surface area contributed by atoms with Gasteiger partial charge in [0.2, 0.25) is 0 Å². The van der Waals surface area contributed by atoms with E-state index >= 15 is 0 Å². The minimum absolute atomic E-state index is 0.435. The first-order chi connectivity index (χ1) is 6.02. The number of aliphatic hydroxyl groups is 1. The first kappa shape index (κ1) is 10.5. The Morgan fingerprint density at radius 2 is 2.00 bits per heavy atom. The molecule has 1 aromatic carbocycles. The Morgan fingerprint density at radius 1 is 1.38 bits per heavy atom. The number of hydrogen-bond donors (Lipinski definition) is 1. The molecule has 0 fully saturated rings. The van der Waals surface area contributed by atoms with Gasteiger partial charge in [-0.25, -0.2) is 0 Å². The van der Waals surface area contributed by atoms with Gasteiger partial charge in [0, 0.05) is 29.8 Å². The fraction of sp³-hybridized carbons (Fsp3) is 0.400. The predicted molar refractivity (Wildman–Crippen MR) is 59.1 cm³/mol. The van der Waals surface area contributed by atoms with Crippen molar-refractivity contribution < 1.29 is 5.11 Å². The van der Waals surface area contributed by atoms with Crippen LogP contribution in [0.1, 0.15) is 18.6 Å². The smallest absolute Gasteiger partial charge is 0.0782 e. The quantitative estimate of drug-likeness (QED) is 0.864. The first-order valence-electron chi connectivity index (χ1n) is 4.17. The SMILES string of the molecule is CC(O)c1cc(Br)ccc1N(C)C. The summed E-state index contributed by atoms with van der Waals surface area (Å²) in [6.07, 6.45) is -0.435. The molecule has 13 heavy (non-hydrogen) atoms. The lowest BCUT2D eigenvalue weighted by Gasteiger charge is -2.19. The van der Waals surface area contributed by atoms with Crippen LogP contribution in [0.5, 0.6) is 0 Å². The molecular formula is C10H14BrNO. The van der Waals surface area contributed by atoms with Crippen molar-refractivity contribution in [2.45, 2.75) is 13.0 Å². The summed E-state index contributed by atoms with van der Waals surface area (Å²) >= 11 is 3.38. The summed E-state index contributed by atoms with van der Waals surface area (Å²) in [5, 5.41) is 9.53. The minimum atomic E-state index is -0.435. The Balaban J connectivity index is 3.19. The molecule has 0 saturated heterocycles. The summed E-state index contributed by atoms with van der Waals surface area (Å²) in [5.41, 5.74) is 2.00. The maximum Gasteiger partial charge on any atom is 0.0782 e. The third kappa shape index (κ3) is 2.45. The van der Waals surface area contributed by atoms with E-state index in [2.05, 4.69) is 15.9 Å². The molecule has 0 saturated carbocycles. The van der Waals surface area contributed by atoms with E-state index in [1.807, 2.05) is 37.2 Å². The molecule has 1 aromatic rings. The maximum absolute atomic E-state index is 9.53. The van der Waals surface area contributed by atoms with Gasteiger partial charge in [0.1, 0.15) is 0 Å². The van der Waals surface area contributed by atoms with Crippen molar-refractivity contribution in [1.82, 2.24) is 0 Å². The number of rotatable bonds is 2. The van der Waals surface area contributed by atoms with Crippen LogP contribution >= 0.6 is 15.9 Å².